The van der Waals surface area contributed by atoms with Gasteiger partial charge in [-0.05, 0) is 43.7 Å². The van der Waals surface area contributed by atoms with Gasteiger partial charge in [0.1, 0.15) is 17.3 Å². The molecule has 2 amide bonds. The van der Waals surface area contributed by atoms with Crippen molar-refractivity contribution < 1.29 is 27.8 Å². The van der Waals surface area contributed by atoms with E-state index in [0.717, 1.165) is 37.0 Å². The molecule has 3 aromatic heterocycles. The predicted molar refractivity (Wildman–Crippen MR) is 146 cm³/mol. The summed E-state index contributed by atoms with van der Waals surface area (Å²) in [6, 6.07) is 2.74. The van der Waals surface area contributed by atoms with Crippen LogP contribution in [0.4, 0.5) is 19.7 Å². The molecule has 0 unspecified atom stereocenters. The number of methoxy groups -OCH3 is 1. The Morgan fingerprint density at radius 3 is 2.73 bits per heavy atom. The van der Waals surface area contributed by atoms with E-state index in [1.54, 1.807) is 11.0 Å². The largest absolute Gasteiger partial charge is 0.494 e. The average molecular weight is 581 g/mol. The number of nitrogens with zero attached hydrogens (tertiary/aromatic N) is 5. The number of alkyl halides is 2. The molecule has 10 nitrogen and oxygen atoms in total. The number of hydrogen-bond donors (Lipinski definition) is 1. The summed E-state index contributed by atoms with van der Waals surface area (Å²) in [4.78, 5) is 36.5. The van der Waals surface area contributed by atoms with E-state index in [4.69, 9.17) is 9.47 Å². The maximum Gasteiger partial charge on any atom is 0.280 e. The van der Waals surface area contributed by atoms with Crippen LogP contribution in [0.3, 0.4) is 0 Å². The Hall–Kier alpha value is -4.02. The van der Waals surface area contributed by atoms with E-state index in [2.05, 4.69) is 37.3 Å². The topological polar surface area (TPSA) is 119 Å². The molecule has 2 aliphatic heterocycles. The van der Waals surface area contributed by atoms with Crippen molar-refractivity contribution in [2.75, 3.05) is 37.1 Å². The van der Waals surface area contributed by atoms with Gasteiger partial charge in [-0.1, -0.05) is 17.3 Å². The summed E-state index contributed by atoms with van der Waals surface area (Å²) in [5.74, 6) is 6.29. The minimum Gasteiger partial charge on any atom is -0.494 e. The first kappa shape index (κ1) is 27.2. The molecule has 5 heterocycles. The molecule has 1 N–H and O–H groups in total. The standard InChI is InChI=1S/C28H26F2N6O4S/c1-39-21-14-31-20(25(29)30)10-18(21)17-11-22(36-15-28(12-24(36)37)6-8-40-9-7-28)32-13-19(17)26(38)33-27-35-34-23(41-27)5-4-16-2-3-16/h10-11,13-14,16,25H,2-3,6-9,12,15H2,1H3,(H,33,35,38). The van der Waals surface area contributed by atoms with Gasteiger partial charge in [-0.3, -0.25) is 24.8 Å². The molecule has 1 spiro atoms. The summed E-state index contributed by atoms with van der Waals surface area (Å²) in [5.41, 5.74) is -0.138. The van der Waals surface area contributed by atoms with Crippen LogP contribution < -0.4 is 15.0 Å². The lowest BCUT2D eigenvalue weighted by Gasteiger charge is -2.32. The van der Waals surface area contributed by atoms with E-state index >= 15 is 0 Å². The molecule has 6 rings (SSSR count). The SMILES string of the molecule is COc1cnc(C(F)F)cc1-c1cc(N2CC3(CCOCC3)CC2=O)ncc1C(=O)Nc1nnc(C#CC2CC2)s1. The average Bonchev–Trinajstić information content (AvgIpc) is 3.62. The van der Waals surface area contributed by atoms with Crippen LogP contribution in [0.15, 0.2) is 24.5 Å². The molecule has 3 aliphatic rings. The van der Waals surface area contributed by atoms with Crippen LogP contribution in [0.1, 0.15) is 59.6 Å². The highest BCUT2D eigenvalue weighted by Crippen LogP contribution is 2.43. The highest BCUT2D eigenvalue weighted by Gasteiger charge is 2.45. The fourth-order valence-electron chi connectivity index (χ4n) is 5.07. The summed E-state index contributed by atoms with van der Waals surface area (Å²) in [6.07, 6.45) is 3.71. The monoisotopic (exact) mass is 580 g/mol. The lowest BCUT2D eigenvalue weighted by Crippen LogP contribution is -2.33. The maximum atomic E-state index is 13.7. The number of hydrogen-bond acceptors (Lipinski definition) is 9. The number of pyridine rings is 2. The maximum absolute atomic E-state index is 13.7. The van der Waals surface area contributed by atoms with Crippen LogP contribution in [0, 0.1) is 23.2 Å². The van der Waals surface area contributed by atoms with Gasteiger partial charge in [0.15, 0.2) is 5.01 Å². The third-order valence-corrected chi connectivity index (χ3v) is 8.27. The first-order valence-electron chi connectivity index (χ1n) is 13.2. The molecular weight excluding hydrogens is 554 g/mol. The molecule has 212 valence electrons. The van der Waals surface area contributed by atoms with Gasteiger partial charge in [-0.15, -0.1) is 10.2 Å². The van der Waals surface area contributed by atoms with Crippen LogP contribution in [0.25, 0.3) is 11.1 Å². The quantitative estimate of drug-likeness (QED) is 0.424. The second kappa shape index (κ2) is 11.1. The summed E-state index contributed by atoms with van der Waals surface area (Å²) in [5, 5.41) is 11.4. The van der Waals surface area contributed by atoms with E-state index in [1.165, 1.54) is 25.6 Å². The fraction of sp³-hybridized carbons (Fsp3) is 0.429. The van der Waals surface area contributed by atoms with Crippen molar-refractivity contribution in [2.24, 2.45) is 11.3 Å². The molecule has 1 aliphatic carbocycles. The Morgan fingerprint density at radius 1 is 1.20 bits per heavy atom. The van der Waals surface area contributed by atoms with E-state index in [1.807, 2.05) is 0 Å². The third-order valence-electron chi connectivity index (χ3n) is 7.51. The smallest absolute Gasteiger partial charge is 0.280 e. The number of carbonyl (C=O) groups is 2. The highest BCUT2D eigenvalue weighted by atomic mass is 32.1. The number of anilines is 2. The lowest BCUT2D eigenvalue weighted by atomic mass is 9.79. The molecule has 13 heteroatoms. The number of nitrogens with one attached hydrogen (secondary N) is 1. The molecule has 41 heavy (non-hydrogen) atoms. The van der Waals surface area contributed by atoms with Crippen molar-refractivity contribution in [3.05, 3.63) is 40.8 Å². The van der Waals surface area contributed by atoms with E-state index < -0.39 is 18.0 Å². The second-order valence-electron chi connectivity index (χ2n) is 10.4. The molecule has 0 radical (unpaired) electrons. The summed E-state index contributed by atoms with van der Waals surface area (Å²) in [7, 11) is 1.38. The number of carbonyl (C=O) groups excluding carboxylic acids is 2. The molecule has 3 fully saturated rings. The molecule has 2 saturated heterocycles. The van der Waals surface area contributed by atoms with Crippen molar-refractivity contribution >= 4 is 34.1 Å². The van der Waals surface area contributed by atoms with Crippen molar-refractivity contribution in [1.29, 1.82) is 0 Å². The Morgan fingerprint density at radius 2 is 2.00 bits per heavy atom. The zero-order valence-electron chi connectivity index (χ0n) is 22.2. The highest BCUT2D eigenvalue weighted by molar-refractivity contribution is 7.15. The van der Waals surface area contributed by atoms with Crippen LogP contribution in [0.5, 0.6) is 5.75 Å². The Bertz CT molecular complexity index is 1560. The molecule has 0 atom stereocenters. The van der Waals surface area contributed by atoms with Gasteiger partial charge in [0.25, 0.3) is 12.3 Å². The number of aromatic nitrogens is 4. The number of rotatable bonds is 6. The van der Waals surface area contributed by atoms with E-state index in [9.17, 15) is 18.4 Å². The van der Waals surface area contributed by atoms with Crippen molar-refractivity contribution in [2.45, 2.75) is 38.5 Å². The first-order valence-corrected chi connectivity index (χ1v) is 14.0. The molecule has 1 saturated carbocycles. The van der Waals surface area contributed by atoms with Crippen LogP contribution in [0.2, 0.25) is 0 Å². The van der Waals surface area contributed by atoms with Gasteiger partial charge in [0, 0.05) is 54.8 Å². The lowest BCUT2D eigenvalue weighted by molar-refractivity contribution is -0.118. The van der Waals surface area contributed by atoms with Gasteiger partial charge < -0.3 is 9.47 Å². The first-order chi connectivity index (χ1) is 19.8. The Kier molecular flexibility index (Phi) is 7.35. The fourth-order valence-corrected chi connectivity index (χ4v) is 5.67. The van der Waals surface area contributed by atoms with Gasteiger partial charge >= 0.3 is 0 Å². The third kappa shape index (κ3) is 5.75. The van der Waals surface area contributed by atoms with Gasteiger partial charge in [-0.2, -0.15) is 0 Å². The minimum atomic E-state index is -2.84. The van der Waals surface area contributed by atoms with Crippen LogP contribution in [-0.2, 0) is 9.53 Å². The van der Waals surface area contributed by atoms with Crippen LogP contribution in [-0.4, -0.2) is 58.8 Å². The van der Waals surface area contributed by atoms with Crippen molar-refractivity contribution in [3.8, 4) is 28.7 Å². The summed E-state index contributed by atoms with van der Waals surface area (Å²) >= 11 is 1.13. The van der Waals surface area contributed by atoms with Gasteiger partial charge in [-0.25, -0.2) is 13.8 Å². The van der Waals surface area contributed by atoms with Crippen LogP contribution >= 0.6 is 11.3 Å². The molecule has 0 bridgehead atoms. The van der Waals surface area contributed by atoms with E-state index in [0.29, 0.717) is 42.9 Å². The zero-order valence-corrected chi connectivity index (χ0v) is 23.0. The number of amides is 2. The Labute approximate surface area is 238 Å². The van der Waals surface area contributed by atoms with E-state index in [-0.39, 0.29) is 38.9 Å². The minimum absolute atomic E-state index is 0.0757. The van der Waals surface area contributed by atoms with Crippen molar-refractivity contribution in [1.82, 2.24) is 20.2 Å². The predicted octanol–water partition coefficient (Wildman–Crippen LogP) is 4.49. The summed E-state index contributed by atoms with van der Waals surface area (Å²) in [6.45, 7) is 1.63. The number of halogens is 2. The summed E-state index contributed by atoms with van der Waals surface area (Å²) < 4.78 is 38.2. The molecule has 3 aromatic rings. The number of ether oxygens (including phenoxy) is 2. The van der Waals surface area contributed by atoms with Gasteiger partial charge in [0.05, 0.1) is 18.9 Å². The van der Waals surface area contributed by atoms with Crippen molar-refractivity contribution in [3.63, 3.8) is 0 Å². The van der Waals surface area contributed by atoms with Gasteiger partial charge in [0.2, 0.25) is 11.0 Å². The second-order valence-corrected chi connectivity index (χ2v) is 11.4. The normalized spacial score (nSPS) is 18.0. The molecular formula is C28H26F2N6O4S. The Balaban J connectivity index is 1.37. The zero-order chi connectivity index (χ0) is 28.6. The molecule has 0 aromatic carbocycles.